The quantitative estimate of drug-likeness (QED) is 0.442. The van der Waals surface area contributed by atoms with Gasteiger partial charge >= 0.3 is 0 Å². The van der Waals surface area contributed by atoms with Gasteiger partial charge in [-0.05, 0) is 50.6 Å². The molecule has 1 aromatic heterocycles. The third kappa shape index (κ3) is 5.93. The molecule has 0 saturated carbocycles. The molecule has 1 atom stereocenters. The zero-order valence-corrected chi connectivity index (χ0v) is 18.6. The number of aliphatic hydroxyl groups excluding tert-OH is 1. The zero-order chi connectivity index (χ0) is 22.2. The predicted molar refractivity (Wildman–Crippen MR) is 121 cm³/mol. The van der Waals surface area contributed by atoms with Crippen molar-refractivity contribution in [2.24, 2.45) is 0 Å². The van der Waals surface area contributed by atoms with Crippen LogP contribution in [-0.2, 0) is 6.54 Å². The third-order valence-electron chi connectivity index (χ3n) is 5.19. The number of hydrogen-bond donors (Lipinski definition) is 1. The first-order valence-electron chi connectivity index (χ1n) is 11.0. The van der Waals surface area contributed by atoms with E-state index in [4.69, 9.17) is 9.84 Å². The van der Waals surface area contributed by atoms with Gasteiger partial charge in [-0.2, -0.15) is 5.10 Å². The van der Waals surface area contributed by atoms with Crippen molar-refractivity contribution in [3.8, 4) is 17.3 Å². The highest BCUT2D eigenvalue weighted by Crippen LogP contribution is 2.32. The van der Waals surface area contributed by atoms with Gasteiger partial charge in [-0.15, -0.1) is 0 Å². The molecule has 2 aromatic carbocycles. The Kier molecular flexibility index (Phi) is 8.20. The average Bonchev–Trinajstić information content (AvgIpc) is 3.06. The Labute approximate surface area is 184 Å². The number of aliphatic hydroxyl groups is 1. The van der Waals surface area contributed by atoms with Gasteiger partial charge in [-0.1, -0.05) is 50.6 Å². The first kappa shape index (κ1) is 23.0. The van der Waals surface area contributed by atoms with Crippen molar-refractivity contribution in [1.82, 2.24) is 14.7 Å². The van der Waals surface area contributed by atoms with E-state index in [1.165, 1.54) is 6.07 Å². The molecule has 166 valence electrons. The van der Waals surface area contributed by atoms with Crippen LogP contribution in [0.3, 0.4) is 0 Å². The highest BCUT2D eigenvalue weighted by molar-refractivity contribution is 5.43. The average molecular weight is 426 g/mol. The Morgan fingerprint density at radius 1 is 1.06 bits per heavy atom. The van der Waals surface area contributed by atoms with E-state index in [1.807, 2.05) is 37.3 Å². The third-order valence-corrected chi connectivity index (χ3v) is 5.19. The van der Waals surface area contributed by atoms with E-state index in [9.17, 15) is 9.50 Å². The molecule has 0 amide bonds. The topological polar surface area (TPSA) is 50.5 Å². The second-order valence-electron chi connectivity index (χ2n) is 7.83. The van der Waals surface area contributed by atoms with E-state index in [0.717, 1.165) is 42.8 Å². The molecule has 5 nitrogen and oxygen atoms in total. The molecule has 3 aromatic rings. The highest BCUT2D eigenvalue weighted by atomic mass is 19.1. The summed E-state index contributed by atoms with van der Waals surface area (Å²) in [4.78, 5) is 2.22. The second-order valence-corrected chi connectivity index (χ2v) is 7.83. The minimum atomic E-state index is -0.421. The highest BCUT2D eigenvalue weighted by Gasteiger charge is 2.23. The Bertz CT molecular complexity index is 959. The number of hydrogen-bond acceptors (Lipinski definition) is 4. The normalized spacial score (nSPS) is 12.3. The van der Waals surface area contributed by atoms with E-state index in [0.29, 0.717) is 19.0 Å². The molecule has 0 saturated heterocycles. The van der Waals surface area contributed by atoms with Crippen LogP contribution >= 0.6 is 0 Å². The molecular formula is C25H32FN3O2. The molecule has 0 spiro atoms. The molecule has 6 heteroatoms. The van der Waals surface area contributed by atoms with Gasteiger partial charge in [0.2, 0.25) is 5.88 Å². The maximum absolute atomic E-state index is 14.4. The number of nitrogens with zero attached hydrogens (tertiary/aromatic N) is 3. The van der Waals surface area contributed by atoms with Crippen molar-refractivity contribution in [1.29, 1.82) is 0 Å². The van der Waals surface area contributed by atoms with Crippen LogP contribution in [0, 0.1) is 12.7 Å². The van der Waals surface area contributed by atoms with Crippen molar-refractivity contribution >= 4 is 0 Å². The van der Waals surface area contributed by atoms with Crippen molar-refractivity contribution in [3.63, 3.8) is 0 Å². The molecule has 1 N–H and O–H groups in total. The van der Waals surface area contributed by atoms with Crippen LogP contribution in [0.1, 0.15) is 44.4 Å². The number of halogens is 1. The minimum Gasteiger partial charge on any atom is -0.435 e. The summed E-state index contributed by atoms with van der Waals surface area (Å²) in [6.45, 7) is 8.12. The van der Waals surface area contributed by atoms with Crippen LogP contribution in [-0.4, -0.2) is 39.0 Å². The van der Waals surface area contributed by atoms with E-state index < -0.39 is 5.82 Å². The lowest BCUT2D eigenvalue weighted by Crippen LogP contribution is -2.33. The molecule has 0 aliphatic carbocycles. The smallest absolute Gasteiger partial charge is 0.227 e. The van der Waals surface area contributed by atoms with E-state index in [1.54, 1.807) is 22.9 Å². The first-order chi connectivity index (χ1) is 15.0. The minimum absolute atomic E-state index is 0.161. The maximum atomic E-state index is 14.4. The lowest BCUT2D eigenvalue weighted by molar-refractivity contribution is 0.100. The second kappa shape index (κ2) is 11.1. The summed E-state index contributed by atoms with van der Waals surface area (Å²) in [5.41, 5.74) is 2.56. The summed E-state index contributed by atoms with van der Waals surface area (Å²) in [6.07, 6.45) is 2.29. The number of ether oxygens (including phenoxy) is 1. The van der Waals surface area contributed by atoms with Gasteiger partial charge in [0.1, 0.15) is 0 Å². The summed E-state index contributed by atoms with van der Waals surface area (Å²) < 4.78 is 22.2. The van der Waals surface area contributed by atoms with Gasteiger partial charge in [0.15, 0.2) is 11.6 Å². The van der Waals surface area contributed by atoms with Gasteiger partial charge in [0.05, 0.1) is 23.0 Å². The number of aromatic nitrogens is 2. The van der Waals surface area contributed by atoms with E-state index in [-0.39, 0.29) is 11.9 Å². The summed E-state index contributed by atoms with van der Waals surface area (Å²) in [5, 5.41) is 15.1. The van der Waals surface area contributed by atoms with Gasteiger partial charge in [0.25, 0.3) is 0 Å². The molecule has 0 unspecified atom stereocenters. The number of benzene rings is 2. The van der Waals surface area contributed by atoms with Crippen molar-refractivity contribution in [2.75, 3.05) is 13.1 Å². The Morgan fingerprint density at radius 3 is 2.45 bits per heavy atom. The largest absolute Gasteiger partial charge is 0.435 e. The summed E-state index contributed by atoms with van der Waals surface area (Å²) in [7, 11) is 0. The molecule has 0 radical (unpaired) electrons. The molecular weight excluding hydrogens is 393 g/mol. The molecule has 0 fully saturated rings. The monoisotopic (exact) mass is 425 g/mol. The summed E-state index contributed by atoms with van der Waals surface area (Å²) >= 11 is 0. The summed E-state index contributed by atoms with van der Waals surface area (Å²) in [6, 6.07) is 16.1. The van der Waals surface area contributed by atoms with Gasteiger partial charge in [0, 0.05) is 13.1 Å². The first-order valence-corrected chi connectivity index (χ1v) is 11.0. The van der Waals surface area contributed by atoms with Crippen LogP contribution < -0.4 is 4.74 Å². The van der Waals surface area contributed by atoms with Crippen LogP contribution in [0.25, 0.3) is 5.69 Å². The van der Waals surface area contributed by atoms with Crippen molar-refractivity contribution in [3.05, 3.63) is 71.7 Å². The lowest BCUT2D eigenvalue weighted by atomic mass is 10.1. The van der Waals surface area contributed by atoms with Crippen LogP contribution in [0.4, 0.5) is 4.39 Å². The Morgan fingerprint density at radius 2 is 1.77 bits per heavy atom. The SMILES string of the molecule is CCC[C@H](O)CN(CCC)Cc1c(C)nn(-c2ccccc2)c1Oc1ccccc1F. The van der Waals surface area contributed by atoms with E-state index >= 15 is 0 Å². The predicted octanol–water partition coefficient (Wildman–Crippen LogP) is 5.49. The fraction of sp³-hybridized carbons (Fsp3) is 0.400. The lowest BCUT2D eigenvalue weighted by Gasteiger charge is -2.25. The van der Waals surface area contributed by atoms with E-state index in [2.05, 4.69) is 18.7 Å². The van der Waals surface area contributed by atoms with Gasteiger partial charge in [-0.25, -0.2) is 9.07 Å². The number of rotatable bonds is 11. The van der Waals surface area contributed by atoms with Crippen LogP contribution in [0.15, 0.2) is 54.6 Å². The number of para-hydroxylation sites is 2. The molecule has 1 heterocycles. The zero-order valence-electron chi connectivity index (χ0n) is 18.6. The van der Waals surface area contributed by atoms with Crippen LogP contribution in [0.5, 0.6) is 11.6 Å². The summed E-state index contributed by atoms with van der Waals surface area (Å²) in [5.74, 6) is 0.240. The van der Waals surface area contributed by atoms with Crippen molar-refractivity contribution in [2.45, 2.75) is 52.7 Å². The molecule has 0 aliphatic heterocycles. The van der Waals surface area contributed by atoms with Crippen molar-refractivity contribution < 1.29 is 14.2 Å². The maximum Gasteiger partial charge on any atom is 0.227 e. The Balaban J connectivity index is 2.00. The molecule has 0 bridgehead atoms. The van der Waals surface area contributed by atoms with Gasteiger partial charge in [-0.3, -0.25) is 4.90 Å². The molecule has 0 aliphatic rings. The Hall–Kier alpha value is -2.70. The standard InChI is InChI=1S/C25H32FN3O2/c1-4-11-21(30)17-28(16-5-2)18-22-19(3)27-29(20-12-7-6-8-13-20)25(22)31-24-15-10-9-14-23(24)26/h6-10,12-15,21,30H,4-5,11,16-18H2,1-3H3/t21-/m0/s1. The van der Waals surface area contributed by atoms with Gasteiger partial charge < -0.3 is 9.84 Å². The molecule has 3 rings (SSSR count). The molecule has 31 heavy (non-hydrogen) atoms. The number of aryl methyl sites for hydroxylation is 1. The fourth-order valence-electron chi connectivity index (χ4n) is 3.70. The van der Waals surface area contributed by atoms with Crippen LogP contribution in [0.2, 0.25) is 0 Å². The fourth-order valence-corrected chi connectivity index (χ4v) is 3.70.